The minimum atomic E-state index is -1.02. The van der Waals surface area contributed by atoms with Crippen molar-refractivity contribution in [1.82, 2.24) is 5.32 Å². The molecular formula is C18H19NO3. The molecule has 0 saturated heterocycles. The summed E-state index contributed by atoms with van der Waals surface area (Å²) >= 11 is 0. The quantitative estimate of drug-likeness (QED) is 0.771. The maximum Gasteiger partial charge on any atom is 0.321 e. The summed E-state index contributed by atoms with van der Waals surface area (Å²) in [6.45, 7) is 1.89. The minimum Gasteiger partial charge on any atom is -0.480 e. The highest BCUT2D eigenvalue weighted by Crippen LogP contribution is 2.14. The first-order valence-electron chi connectivity index (χ1n) is 7.20. The smallest absolute Gasteiger partial charge is 0.321 e. The summed E-state index contributed by atoms with van der Waals surface area (Å²) in [6, 6.07) is 17.2. The van der Waals surface area contributed by atoms with Crippen LogP contribution >= 0.6 is 0 Å². The van der Waals surface area contributed by atoms with E-state index in [4.69, 9.17) is 0 Å². The van der Waals surface area contributed by atoms with Gasteiger partial charge in [-0.3, -0.25) is 14.9 Å². The Bertz CT molecular complexity index is 625. The van der Waals surface area contributed by atoms with E-state index in [-0.39, 0.29) is 18.2 Å². The summed E-state index contributed by atoms with van der Waals surface area (Å²) < 4.78 is 0. The first-order chi connectivity index (χ1) is 10.6. The molecule has 2 aromatic carbocycles. The third-order valence-electron chi connectivity index (χ3n) is 3.53. The summed E-state index contributed by atoms with van der Waals surface area (Å²) in [5.41, 5.74) is 1.52. The van der Waals surface area contributed by atoms with E-state index in [0.29, 0.717) is 5.56 Å². The Morgan fingerprint density at radius 3 is 2.09 bits per heavy atom. The van der Waals surface area contributed by atoms with Crippen molar-refractivity contribution in [3.63, 3.8) is 0 Å². The lowest BCUT2D eigenvalue weighted by atomic mass is 10.0. The van der Waals surface area contributed by atoms with Crippen molar-refractivity contribution in [3.8, 4) is 0 Å². The number of aliphatic carboxylic acids is 1. The van der Waals surface area contributed by atoms with Gasteiger partial charge in [-0.1, -0.05) is 60.7 Å². The topological polar surface area (TPSA) is 66.4 Å². The second-order valence-corrected chi connectivity index (χ2v) is 5.18. The van der Waals surface area contributed by atoms with Gasteiger partial charge in [0.25, 0.3) is 0 Å². The highest BCUT2D eigenvalue weighted by molar-refractivity contribution is 5.98. The van der Waals surface area contributed by atoms with Crippen LogP contribution in [0.4, 0.5) is 0 Å². The second-order valence-electron chi connectivity index (χ2n) is 5.18. The van der Waals surface area contributed by atoms with Gasteiger partial charge in [0.2, 0.25) is 0 Å². The molecule has 0 aliphatic heterocycles. The van der Waals surface area contributed by atoms with Crippen molar-refractivity contribution in [2.45, 2.75) is 25.4 Å². The zero-order valence-corrected chi connectivity index (χ0v) is 12.4. The molecule has 2 rings (SSSR count). The van der Waals surface area contributed by atoms with Crippen LogP contribution in [0, 0.1) is 0 Å². The number of nitrogens with one attached hydrogen (secondary N) is 1. The van der Waals surface area contributed by atoms with E-state index >= 15 is 0 Å². The fraction of sp³-hybridized carbons (Fsp3) is 0.222. The highest BCUT2D eigenvalue weighted by atomic mass is 16.4. The number of rotatable bonds is 7. The zero-order valence-electron chi connectivity index (χ0n) is 12.4. The molecule has 0 amide bonds. The number of ketones is 1. The Morgan fingerprint density at radius 1 is 1.00 bits per heavy atom. The standard InChI is InChI=1S/C18H19NO3/c1-13(14-8-4-2-5-9-14)19-16(18(21)22)12-17(20)15-10-6-3-7-11-15/h2-11,13,16,19H,12H2,1H3,(H,21,22)/t13-,16?/m1/s1. The van der Waals surface area contributed by atoms with E-state index < -0.39 is 12.0 Å². The maximum absolute atomic E-state index is 12.2. The SMILES string of the molecule is C[C@@H](NC(CC(=O)c1ccccc1)C(=O)O)c1ccccc1. The summed E-state index contributed by atoms with van der Waals surface area (Å²) in [4.78, 5) is 23.6. The number of benzene rings is 2. The Hall–Kier alpha value is -2.46. The van der Waals surface area contributed by atoms with Crippen LogP contribution in [-0.2, 0) is 4.79 Å². The Morgan fingerprint density at radius 2 is 1.55 bits per heavy atom. The number of carbonyl (C=O) groups is 2. The number of carbonyl (C=O) groups excluding carboxylic acids is 1. The van der Waals surface area contributed by atoms with Crippen LogP contribution in [-0.4, -0.2) is 22.9 Å². The molecule has 0 aliphatic carbocycles. The number of carboxylic acids is 1. The fourth-order valence-corrected chi connectivity index (χ4v) is 2.28. The average molecular weight is 297 g/mol. The summed E-state index contributed by atoms with van der Waals surface area (Å²) in [6.07, 6.45) is -0.0729. The van der Waals surface area contributed by atoms with E-state index in [0.717, 1.165) is 5.56 Å². The van der Waals surface area contributed by atoms with E-state index in [1.807, 2.05) is 43.3 Å². The monoisotopic (exact) mass is 297 g/mol. The van der Waals surface area contributed by atoms with Crippen LogP contribution in [0.15, 0.2) is 60.7 Å². The van der Waals surface area contributed by atoms with Crippen molar-refractivity contribution in [1.29, 1.82) is 0 Å². The number of carboxylic acid groups (broad SMARTS) is 1. The van der Waals surface area contributed by atoms with Crippen molar-refractivity contribution >= 4 is 11.8 Å². The summed E-state index contributed by atoms with van der Waals surface area (Å²) in [5.74, 6) is -1.20. The van der Waals surface area contributed by atoms with E-state index in [1.54, 1.807) is 24.3 Å². The van der Waals surface area contributed by atoms with Gasteiger partial charge in [-0.05, 0) is 12.5 Å². The van der Waals surface area contributed by atoms with Crippen LogP contribution < -0.4 is 5.32 Å². The van der Waals surface area contributed by atoms with Crippen LogP contribution in [0.25, 0.3) is 0 Å². The van der Waals surface area contributed by atoms with Gasteiger partial charge in [0.1, 0.15) is 6.04 Å². The molecule has 2 atom stereocenters. The first kappa shape index (κ1) is 15.9. The molecule has 0 spiro atoms. The van der Waals surface area contributed by atoms with Gasteiger partial charge in [0.15, 0.2) is 5.78 Å². The molecule has 0 bridgehead atoms. The molecular weight excluding hydrogens is 278 g/mol. The third kappa shape index (κ3) is 4.27. The Kier molecular flexibility index (Phi) is 5.44. The summed E-state index contributed by atoms with van der Waals surface area (Å²) in [5, 5.41) is 12.4. The molecule has 0 fully saturated rings. The van der Waals surface area contributed by atoms with Crippen LogP contribution in [0.5, 0.6) is 0 Å². The number of hydrogen-bond donors (Lipinski definition) is 2. The Labute approximate surface area is 129 Å². The first-order valence-corrected chi connectivity index (χ1v) is 7.20. The minimum absolute atomic E-state index is 0.0729. The van der Waals surface area contributed by atoms with Gasteiger partial charge in [-0.2, -0.15) is 0 Å². The van der Waals surface area contributed by atoms with Crippen molar-refractivity contribution < 1.29 is 14.7 Å². The average Bonchev–Trinajstić information content (AvgIpc) is 2.55. The number of hydrogen-bond acceptors (Lipinski definition) is 3. The highest BCUT2D eigenvalue weighted by Gasteiger charge is 2.23. The molecule has 0 aliphatic rings. The predicted octanol–water partition coefficient (Wildman–Crippen LogP) is 3.06. The fourth-order valence-electron chi connectivity index (χ4n) is 2.28. The molecule has 114 valence electrons. The van der Waals surface area contributed by atoms with Crippen LogP contribution in [0.2, 0.25) is 0 Å². The molecule has 1 unspecified atom stereocenters. The third-order valence-corrected chi connectivity index (χ3v) is 3.53. The van der Waals surface area contributed by atoms with Crippen molar-refractivity contribution in [3.05, 3.63) is 71.8 Å². The normalized spacial score (nSPS) is 13.3. The lowest BCUT2D eigenvalue weighted by Crippen LogP contribution is -2.40. The van der Waals surface area contributed by atoms with Gasteiger partial charge in [0.05, 0.1) is 0 Å². The molecule has 22 heavy (non-hydrogen) atoms. The van der Waals surface area contributed by atoms with E-state index in [2.05, 4.69) is 5.32 Å². The molecule has 4 heteroatoms. The summed E-state index contributed by atoms with van der Waals surface area (Å²) in [7, 11) is 0. The number of Topliss-reactive ketones (excluding diaryl/α,β-unsaturated/α-hetero) is 1. The van der Waals surface area contributed by atoms with Gasteiger partial charge in [0, 0.05) is 18.0 Å². The molecule has 0 heterocycles. The second kappa shape index (κ2) is 7.52. The predicted molar refractivity (Wildman–Crippen MR) is 84.8 cm³/mol. The molecule has 0 aromatic heterocycles. The van der Waals surface area contributed by atoms with Gasteiger partial charge in [-0.25, -0.2) is 0 Å². The molecule has 2 aromatic rings. The Balaban J connectivity index is 2.04. The van der Waals surface area contributed by atoms with Crippen LogP contribution in [0.1, 0.15) is 35.3 Å². The van der Waals surface area contributed by atoms with E-state index in [1.165, 1.54) is 0 Å². The maximum atomic E-state index is 12.2. The molecule has 4 nitrogen and oxygen atoms in total. The molecule has 2 N–H and O–H groups in total. The van der Waals surface area contributed by atoms with E-state index in [9.17, 15) is 14.7 Å². The van der Waals surface area contributed by atoms with Gasteiger partial charge >= 0.3 is 5.97 Å². The zero-order chi connectivity index (χ0) is 15.9. The molecule has 0 radical (unpaired) electrons. The van der Waals surface area contributed by atoms with Gasteiger partial charge in [-0.15, -0.1) is 0 Å². The van der Waals surface area contributed by atoms with Gasteiger partial charge < -0.3 is 5.11 Å². The molecule has 0 saturated carbocycles. The van der Waals surface area contributed by atoms with Crippen molar-refractivity contribution in [2.24, 2.45) is 0 Å². The van der Waals surface area contributed by atoms with Crippen LogP contribution in [0.3, 0.4) is 0 Å². The largest absolute Gasteiger partial charge is 0.480 e. The van der Waals surface area contributed by atoms with Crippen molar-refractivity contribution in [2.75, 3.05) is 0 Å². The lowest BCUT2D eigenvalue weighted by molar-refractivity contribution is -0.139. The lowest BCUT2D eigenvalue weighted by Gasteiger charge is -2.20.